The largest absolute Gasteiger partial charge is 0.355 e. The summed E-state index contributed by atoms with van der Waals surface area (Å²) in [5, 5.41) is 5.96. The van der Waals surface area contributed by atoms with E-state index in [1.807, 2.05) is 6.92 Å². The van der Waals surface area contributed by atoms with Crippen LogP contribution in [0, 0.1) is 0 Å². The minimum Gasteiger partial charge on any atom is -0.355 e. The summed E-state index contributed by atoms with van der Waals surface area (Å²) >= 11 is 1.62. The number of rotatable bonds is 4. The van der Waals surface area contributed by atoms with Crippen LogP contribution >= 0.6 is 11.8 Å². The van der Waals surface area contributed by atoms with Crippen LogP contribution in [-0.4, -0.2) is 59.4 Å². The third kappa shape index (κ3) is 5.40. The highest BCUT2D eigenvalue weighted by Crippen LogP contribution is 2.23. The van der Waals surface area contributed by atoms with E-state index in [4.69, 9.17) is 0 Å². The quantitative estimate of drug-likeness (QED) is 0.788. The van der Waals surface area contributed by atoms with Gasteiger partial charge >= 0.3 is 0 Å². The van der Waals surface area contributed by atoms with Gasteiger partial charge in [0.15, 0.2) is 0 Å². The van der Waals surface area contributed by atoms with Gasteiger partial charge in [0.1, 0.15) is 6.04 Å². The van der Waals surface area contributed by atoms with Gasteiger partial charge in [-0.05, 0) is 6.92 Å². The van der Waals surface area contributed by atoms with E-state index in [2.05, 4.69) is 31.4 Å². The van der Waals surface area contributed by atoms with Crippen molar-refractivity contribution in [2.24, 2.45) is 0 Å². The first-order valence-corrected chi connectivity index (χ1v) is 7.75. The molecule has 1 heterocycles. The van der Waals surface area contributed by atoms with E-state index in [1.165, 1.54) is 0 Å². The Morgan fingerprint density at radius 2 is 2.11 bits per heavy atom. The third-order valence-corrected chi connectivity index (χ3v) is 4.10. The zero-order valence-electron chi connectivity index (χ0n) is 12.3. The third-order valence-electron chi connectivity index (χ3n) is 2.85. The van der Waals surface area contributed by atoms with Crippen molar-refractivity contribution in [3.8, 4) is 0 Å². The molecular weight excluding hydrogens is 262 g/mol. The summed E-state index contributed by atoms with van der Waals surface area (Å²) in [6.45, 7) is 10.6. The van der Waals surface area contributed by atoms with Crippen LogP contribution in [0.15, 0.2) is 0 Å². The van der Waals surface area contributed by atoms with Gasteiger partial charge in [-0.2, -0.15) is 0 Å². The average Bonchev–Trinajstić information content (AvgIpc) is 2.35. The summed E-state index contributed by atoms with van der Waals surface area (Å²) in [5.74, 6) is 0.417. The van der Waals surface area contributed by atoms with Gasteiger partial charge in [-0.25, -0.2) is 0 Å². The molecule has 1 fully saturated rings. The van der Waals surface area contributed by atoms with Gasteiger partial charge in [0.2, 0.25) is 11.8 Å². The van der Waals surface area contributed by atoms with E-state index in [1.54, 1.807) is 16.7 Å². The van der Waals surface area contributed by atoms with Crippen molar-refractivity contribution in [3.63, 3.8) is 0 Å². The van der Waals surface area contributed by atoms with Crippen LogP contribution < -0.4 is 10.6 Å². The molecule has 19 heavy (non-hydrogen) atoms. The Balaban J connectivity index is 2.61. The summed E-state index contributed by atoms with van der Waals surface area (Å²) < 4.78 is 0.0604. The highest BCUT2D eigenvalue weighted by Gasteiger charge is 2.32. The molecule has 1 saturated heterocycles. The smallest absolute Gasteiger partial charge is 0.244 e. The molecule has 1 aliphatic rings. The van der Waals surface area contributed by atoms with E-state index in [9.17, 15) is 9.59 Å². The topological polar surface area (TPSA) is 61.4 Å². The van der Waals surface area contributed by atoms with E-state index < -0.39 is 0 Å². The van der Waals surface area contributed by atoms with Crippen LogP contribution in [0.3, 0.4) is 0 Å². The number of likely N-dealkylation sites (N-methyl/N-ethyl adjacent to an activating group) is 1. The number of thioether (sulfide) groups is 1. The molecule has 1 unspecified atom stereocenters. The fraction of sp³-hybridized carbons (Fsp3) is 0.846. The summed E-state index contributed by atoms with van der Waals surface area (Å²) in [7, 11) is 0. The summed E-state index contributed by atoms with van der Waals surface area (Å²) in [5.41, 5.74) is 0. The van der Waals surface area contributed by atoms with Crippen molar-refractivity contribution in [2.45, 2.75) is 38.5 Å². The Kier molecular flexibility index (Phi) is 6.13. The molecule has 1 rings (SSSR count). The predicted octanol–water partition coefficient (Wildman–Crippen LogP) is 0.455. The van der Waals surface area contributed by atoms with E-state index in [0.29, 0.717) is 25.4 Å². The number of carbonyl (C=O) groups excluding carboxylic acids is 2. The molecule has 2 N–H and O–H groups in total. The lowest BCUT2D eigenvalue weighted by Gasteiger charge is -2.35. The van der Waals surface area contributed by atoms with Crippen LogP contribution in [0.4, 0.5) is 0 Å². The van der Waals surface area contributed by atoms with Gasteiger partial charge in [-0.1, -0.05) is 20.8 Å². The number of hydrogen-bond donors (Lipinski definition) is 2. The highest BCUT2D eigenvalue weighted by molar-refractivity contribution is 8.01. The molecule has 110 valence electrons. The normalized spacial score (nSPS) is 20.2. The van der Waals surface area contributed by atoms with Crippen molar-refractivity contribution in [1.82, 2.24) is 15.5 Å². The molecule has 0 radical (unpaired) electrons. The molecule has 0 spiro atoms. The molecule has 1 atom stereocenters. The maximum atomic E-state index is 12.3. The monoisotopic (exact) mass is 287 g/mol. The second-order valence-corrected chi connectivity index (χ2v) is 7.40. The van der Waals surface area contributed by atoms with Crippen molar-refractivity contribution in [1.29, 1.82) is 0 Å². The van der Waals surface area contributed by atoms with Crippen LogP contribution in [0.1, 0.15) is 27.7 Å². The minimum atomic E-state index is -0.373. The van der Waals surface area contributed by atoms with Gasteiger partial charge in [0.25, 0.3) is 0 Å². The molecule has 5 nitrogen and oxygen atoms in total. The fourth-order valence-corrected chi connectivity index (χ4v) is 2.61. The first kappa shape index (κ1) is 16.3. The van der Waals surface area contributed by atoms with E-state index >= 15 is 0 Å². The van der Waals surface area contributed by atoms with Crippen LogP contribution in [0.25, 0.3) is 0 Å². The Morgan fingerprint density at radius 3 is 2.68 bits per heavy atom. The Bertz CT molecular complexity index is 328. The maximum absolute atomic E-state index is 12.3. The lowest BCUT2D eigenvalue weighted by molar-refractivity contribution is -0.139. The molecule has 0 aliphatic carbocycles. The Hall–Kier alpha value is -0.750. The first-order valence-electron chi connectivity index (χ1n) is 6.77. The van der Waals surface area contributed by atoms with Gasteiger partial charge in [0.05, 0.1) is 5.75 Å². The zero-order chi connectivity index (χ0) is 14.5. The van der Waals surface area contributed by atoms with Crippen LogP contribution in [-0.2, 0) is 9.59 Å². The predicted molar refractivity (Wildman–Crippen MR) is 79.3 cm³/mol. The number of carbonyl (C=O) groups is 2. The average molecular weight is 287 g/mol. The molecule has 6 heteroatoms. The first-order chi connectivity index (χ1) is 8.85. The van der Waals surface area contributed by atoms with Crippen molar-refractivity contribution >= 4 is 23.6 Å². The van der Waals surface area contributed by atoms with E-state index in [-0.39, 0.29) is 22.6 Å². The van der Waals surface area contributed by atoms with Crippen molar-refractivity contribution < 1.29 is 9.59 Å². The SMILES string of the molecule is CCNC(=O)C1CNCCN1C(=O)CSC(C)(C)C. The second kappa shape index (κ2) is 7.14. The molecule has 0 aromatic rings. The number of hydrogen-bond acceptors (Lipinski definition) is 4. The van der Waals surface area contributed by atoms with E-state index in [0.717, 1.165) is 6.54 Å². The van der Waals surface area contributed by atoms with Crippen molar-refractivity contribution in [3.05, 3.63) is 0 Å². The Labute approximate surface area is 119 Å². The number of piperazine rings is 1. The Morgan fingerprint density at radius 1 is 1.42 bits per heavy atom. The number of amides is 2. The lowest BCUT2D eigenvalue weighted by atomic mass is 10.1. The molecule has 0 bridgehead atoms. The van der Waals surface area contributed by atoms with Gasteiger partial charge in [-0.3, -0.25) is 9.59 Å². The molecule has 0 aromatic heterocycles. The fourth-order valence-electron chi connectivity index (χ4n) is 1.89. The standard InChI is InChI=1S/C13H25N3O2S/c1-5-15-12(18)10-8-14-6-7-16(10)11(17)9-19-13(2,3)4/h10,14H,5-9H2,1-4H3,(H,15,18). The minimum absolute atomic E-state index is 0.0534. The van der Waals surface area contributed by atoms with Crippen LogP contribution in [0.2, 0.25) is 0 Å². The highest BCUT2D eigenvalue weighted by atomic mass is 32.2. The second-order valence-electron chi connectivity index (χ2n) is 5.60. The molecule has 1 aliphatic heterocycles. The van der Waals surface area contributed by atoms with Crippen molar-refractivity contribution in [2.75, 3.05) is 31.9 Å². The summed E-state index contributed by atoms with van der Waals surface area (Å²) in [6.07, 6.45) is 0. The number of nitrogens with one attached hydrogen (secondary N) is 2. The lowest BCUT2D eigenvalue weighted by Crippen LogP contribution is -2.60. The summed E-state index contributed by atoms with van der Waals surface area (Å²) in [4.78, 5) is 25.9. The molecule has 0 aromatic carbocycles. The van der Waals surface area contributed by atoms with Gasteiger partial charge in [-0.15, -0.1) is 11.8 Å². The molecule has 0 saturated carbocycles. The zero-order valence-corrected chi connectivity index (χ0v) is 13.1. The molecule has 2 amide bonds. The van der Waals surface area contributed by atoms with Gasteiger partial charge < -0.3 is 15.5 Å². The van der Waals surface area contributed by atoms with Gasteiger partial charge in [0, 0.05) is 30.9 Å². The maximum Gasteiger partial charge on any atom is 0.244 e. The molecular formula is C13H25N3O2S. The van der Waals surface area contributed by atoms with Crippen LogP contribution in [0.5, 0.6) is 0 Å². The number of nitrogens with zero attached hydrogens (tertiary/aromatic N) is 1. The summed E-state index contributed by atoms with van der Waals surface area (Å²) in [6, 6.07) is -0.373.